The average Bonchev–Trinajstić information content (AvgIpc) is 3.00. The summed E-state index contributed by atoms with van der Waals surface area (Å²) in [5, 5.41) is 18.5. The first-order valence-corrected chi connectivity index (χ1v) is 8.47. The van der Waals surface area contributed by atoms with Crippen molar-refractivity contribution in [3.63, 3.8) is 0 Å². The number of carboxylic acid groups (broad SMARTS) is 1. The van der Waals surface area contributed by atoms with Gasteiger partial charge in [-0.05, 0) is 36.4 Å². The number of nitrogens with one attached hydrogen (secondary N) is 1. The standard InChI is InChI=1S/C18H10ClN3O2S/c19-14-8-16-15(21-18(22-16)25-10-17(23)24)7-13(14)6-5-11-1-3-12(9-20)4-2-11/h1-4,7-8H,10H2,(H,21,22)(H,23,24). The highest BCUT2D eigenvalue weighted by Crippen LogP contribution is 2.25. The van der Waals surface area contributed by atoms with Gasteiger partial charge in [0.2, 0.25) is 0 Å². The summed E-state index contributed by atoms with van der Waals surface area (Å²) in [6.07, 6.45) is 0. The third-order valence-electron chi connectivity index (χ3n) is 3.24. The molecule has 0 atom stereocenters. The van der Waals surface area contributed by atoms with Crippen LogP contribution in [0.2, 0.25) is 5.02 Å². The van der Waals surface area contributed by atoms with Crippen LogP contribution in [0.5, 0.6) is 0 Å². The summed E-state index contributed by atoms with van der Waals surface area (Å²) in [4.78, 5) is 18.0. The molecule has 0 bridgehead atoms. The summed E-state index contributed by atoms with van der Waals surface area (Å²) >= 11 is 7.37. The van der Waals surface area contributed by atoms with E-state index in [1.165, 1.54) is 0 Å². The van der Waals surface area contributed by atoms with Crippen LogP contribution in [0.3, 0.4) is 0 Å². The van der Waals surface area contributed by atoms with E-state index < -0.39 is 5.97 Å². The van der Waals surface area contributed by atoms with Crippen molar-refractivity contribution in [2.24, 2.45) is 0 Å². The summed E-state index contributed by atoms with van der Waals surface area (Å²) in [5.74, 6) is 5.02. The van der Waals surface area contributed by atoms with Crippen LogP contribution >= 0.6 is 23.4 Å². The van der Waals surface area contributed by atoms with Gasteiger partial charge < -0.3 is 10.1 Å². The molecule has 0 radical (unpaired) electrons. The van der Waals surface area contributed by atoms with Gasteiger partial charge in [-0.2, -0.15) is 5.26 Å². The molecule has 3 rings (SSSR count). The lowest BCUT2D eigenvalue weighted by Gasteiger charge is -1.96. The maximum Gasteiger partial charge on any atom is 0.313 e. The molecule has 0 aliphatic heterocycles. The molecule has 3 aromatic rings. The second kappa shape index (κ2) is 7.31. The molecular weight excluding hydrogens is 358 g/mol. The Kier molecular flexibility index (Phi) is 4.95. The minimum atomic E-state index is -0.905. The van der Waals surface area contributed by atoms with Gasteiger partial charge in [-0.25, -0.2) is 4.98 Å². The molecule has 0 amide bonds. The van der Waals surface area contributed by atoms with Crippen LogP contribution in [0.1, 0.15) is 16.7 Å². The Morgan fingerprint density at radius 2 is 1.96 bits per heavy atom. The fourth-order valence-corrected chi connectivity index (χ4v) is 2.88. The van der Waals surface area contributed by atoms with E-state index in [0.717, 1.165) is 22.8 Å². The van der Waals surface area contributed by atoms with E-state index >= 15 is 0 Å². The molecule has 0 fully saturated rings. The second-order valence-corrected chi connectivity index (χ2v) is 6.38. The van der Waals surface area contributed by atoms with E-state index in [1.807, 2.05) is 0 Å². The first-order valence-electron chi connectivity index (χ1n) is 7.11. The molecule has 1 aromatic heterocycles. The smallest absolute Gasteiger partial charge is 0.313 e. The lowest BCUT2D eigenvalue weighted by molar-refractivity contribution is -0.133. The molecule has 0 aliphatic carbocycles. The van der Waals surface area contributed by atoms with Crippen LogP contribution in [0.15, 0.2) is 41.6 Å². The first-order chi connectivity index (χ1) is 12.0. The number of carboxylic acids is 1. The minimum Gasteiger partial charge on any atom is -0.481 e. The number of benzene rings is 2. The number of carbonyl (C=O) groups is 1. The molecule has 0 saturated heterocycles. The monoisotopic (exact) mass is 367 g/mol. The molecule has 122 valence electrons. The first kappa shape index (κ1) is 16.9. The van der Waals surface area contributed by atoms with E-state index in [9.17, 15) is 4.79 Å². The van der Waals surface area contributed by atoms with E-state index in [2.05, 4.69) is 27.9 Å². The van der Waals surface area contributed by atoms with Crippen LogP contribution in [-0.4, -0.2) is 26.8 Å². The number of nitrogens with zero attached hydrogens (tertiary/aromatic N) is 2. The van der Waals surface area contributed by atoms with Gasteiger partial charge in [0.15, 0.2) is 5.16 Å². The number of thioether (sulfide) groups is 1. The van der Waals surface area contributed by atoms with Gasteiger partial charge in [0.25, 0.3) is 0 Å². The molecule has 7 heteroatoms. The van der Waals surface area contributed by atoms with E-state index in [0.29, 0.717) is 26.8 Å². The number of fused-ring (bicyclic) bond motifs is 1. The van der Waals surface area contributed by atoms with Crippen LogP contribution in [0, 0.1) is 23.2 Å². The zero-order valence-electron chi connectivity index (χ0n) is 12.7. The van der Waals surface area contributed by atoms with Crippen LogP contribution < -0.4 is 0 Å². The topological polar surface area (TPSA) is 89.8 Å². The van der Waals surface area contributed by atoms with Gasteiger partial charge in [0.1, 0.15) is 0 Å². The number of rotatable bonds is 3. The zero-order chi connectivity index (χ0) is 17.8. The number of aliphatic carboxylic acids is 1. The predicted octanol–water partition coefficient (Wildman–Crippen LogP) is 3.66. The number of hydrogen-bond donors (Lipinski definition) is 2. The molecule has 0 aliphatic rings. The van der Waals surface area contributed by atoms with Crippen molar-refractivity contribution in [1.29, 1.82) is 5.26 Å². The summed E-state index contributed by atoms with van der Waals surface area (Å²) in [6.45, 7) is 0. The highest BCUT2D eigenvalue weighted by Gasteiger charge is 2.08. The van der Waals surface area contributed by atoms with Crippen molar-refractivity contribution in [3.05, 3.63) is 58.1 Å². The molecule has 0 unspecified atom stereocenters. The largest absolute Gasteiger partial charge is 0.481 e. The number of nitriles is 1. The molecule has 5 nitrogen and oxygen atoms in total. The third kappa shape index (κ3) is 4.13. The van der Waals surface area contributed by atoms with Crippen molar-refractivity contribution < 1.29 is 9.90 Å². The third-order valence-corrected chi connectivity index (χ3v) is 4.41. The number of imidazole rings is 1. The van der Waals surface area contributed by atoms with Gasteiger partial charge >= 0.3 is 5.97 Å². The Balaban J connectivity index is 1.89. The van der Waals surface area contributed by atoms with Gasteiger partial charge in [-0.1, -0.05) is 35.2 Å². The van der Waals surface area contributed by atoms with Crippen LogP contribution in [0.25, 0.3) is 11.0 Å². The number of H-pyrrole nitrogens is 1. The van der Waals surface area contributed by atoms with Crippen molar-refractivity contribution in [3.8, 4) is 17.9 Å². The van der Waals surface area contributed by atoms with E-state index in [1.54, 1.807) is 36.4 Å². The fourth-order valence-electron chi connectivity index (χ4n) is 2.07. The SMILES string of the molecule is N#Cc1ccc(C#Cc2cc3nc(SCC(=O)O)[nH]c3cc2Cl)cc1. The van der Waals surface area contributed by atoms with E-state index in [-0.39, 0.29) is 5.75 Å². The van der Waals surface area contributed by atoms with Crippen LogP contribution in [0.4, 0.5) is 0 Å². The van der Waals surface area contributed by atoms with E-state index in [4.69, 9.17) is 22.0 Å². The molecule has 2 aromatic carbocycles. The molecule has 1 heterocycles. The Morgan fingerprint density at radius 1 is 1.24 bits per heavy atom. The van der Waals surface area contributed by atoms with Gasteiger partial charge in [-0.15, -0.1) is 0 Å². The number of aromatic nitrogens is 2. The molecular formula is C18H10ClN3O2S. The summed E-state index contributed by atoms with van der Waals surface area (Å²) in [6, 6.07) is 12.5. The van der Waals surface area contributed by atoms with Gasteiger partial charge in [-0.3, -0.25) is 4.79 Å². The molecule has 0 spiro atoms. The molecule has 2 N–H and O–H groups in total. The Bertz CT molecular complexity index is 1060. The predicted molar refractivity (Wildman–Crippen MR) is 96.6 cm³/mol. The summed E-state index contributed by atoms with van der Waals surface area (Å²) in [7, 11) is 0. The fraction of sp³-hybridized carbons (Fsp3) is 0.0556. The second-order valence-electron chi connectivity index (χ2n) is 5.01. The quantitative estimate of drug-likeness (QED) is 0.544. The lowest BCUT2D eigenvalue weighted by Crippen LogP contribution is -1.97. The van der Waals surface area contributed by atoms with Crippen molar-refractivity contribution >= 4 is 40.4 Å². The normalized spacial score (nSPS) is 10.1. The minimum absolute atomic E-state index is 0.0705. The number of aromatic amines is 1. The highest BCUT2D eigenvalue weighted by atomic mass is 35.5. The Morgan fingerprint density at radius 3 is 2.64 bits per heavy atom. The van der Waals surface area contributed by atoms with Crippen LogP contribution in [-0.2, 0) is 4.79 Å². The molecule has 25 heavy (non-hydrogen) atoms. The molecule has 0 saturated carbocycles. The average molecular weight is 368 g/mol. The highest BCUT2D eigenvalue weighted by molar-refractivity contribution is 7.99. The Labute approximate surface area is 152 Å². The maximum atomic E-state index is 10.6. The van der Waals surface area contributed by atoms with Gasteiger partial charge in [0.05, 0.1) is 33.4 Å². The van der Waals surface area contributed by atoms with Gasteiger partial charge in [0, 0.05) is 11.1 Å². The summed E-state index contributed by atoms with van der Waals surface area (Å²) < 4.78 is 0. The maximum absolute atomic E-state index is 10.6. The number of halogens is 1. The van der Waals surface area contributed by atoms with Crippen molar-refractivity contribution in [2.45, 2.75) is 5.16 Å². The zero-order valence-corrected chi connectivity index (χ0v) is 14.3. The summed E-state index contributed by atoms with van der Waals surface area (Å²) in [5.41, 5.74) is 3.37. The van der Waals surface area contributed by atoms with Crippen molar-refractivity contribution in [1.82, 2.24) is 9.97 Å². The lowest BCUT2D eigenvalue weighted by atomic mass is 10.1. The number of hydrogen-bond acceptors (Lipinski definition) is 4. The Hall–Kier alpha value is -2.93. The van der Waals surface area contributed by atoms with Crippen molar-refractivity contribution in [2.75, 3.05) is 5.75 Å².